The Morgan fingerprint density at radius 1 is 1.10 bits per heavy atom. The summed E-state index contributed by atoms with van der Waals surface area (Å²) in [5.74, 6) is -0.158. The van der Waals surface area contributed by atoms with Crippen molar-refractivity contribution in [3.63, 3.8) is 0 Å². The lowest BCUT2D eigenvalue weighted by atomic mass is 10.1. The first kappa shape index (κ1) is 18.2. The number of anilines is 1. The number of nitrogens with zero attached hydrogens (tertiary/aromatic N) is 5. The average Bonchev–Trinajstić information content (AvgIpc) is 3.33. The van der Waals surface area contributed by atoms with Crippen molar-refractivity contribution in [3.8, 4) is 28.5 Å². The van der Waals surface area contributed by atoms with Crippen LogP contribution in [0.25, 0.3) is 22.6 Å². The lowest BCUT2D eigenvalue weighted by Crippen LogP contribution is -2.23. The maximum Gasteiger partial charge on any atom is 0.287 e. The molecule has 4 heterocycles. The molecule has 0 radical (unpaired) electrons. The highest BCUT2D eigenvalue weighted by atomic mass is 19.2. The van der Waals surface area contributed by atoms with Crippen LogP contribution in [0.1, 0.15) is 10.4 Å². The predicted molar refractivity (Wildman–Crippen MR) is 102 cm³/mol. The number of hydrogen-bond donors (Lipinski definition) is 0. The topological polar surface area (TPSA) is 94.2 Å². The summed E-state index contributed by atoms with van der Waals surface area (Å²) in [6, 6.07) is 8.17. The number of halogens is 1. The Hall–Kier alpha value is -4.14. The van der Waals surface area contributed by atoms with Gasteiger partial charge in [0.2, 0.25) is 5.88 Å². The highest BCUT2D eigenvalue weighted by Gasteiger charge is 2.20. The van der Waals surface area contributed by atoms with Crippen LogP contribution in [0.5, 0.6) is 5.88 Å². The molecular weight excluding hydrogens is 377 g/mol. The number of furan rings is 1. The molecule has 29 heavy (non-hydrogen) atoms. The standard InChI is InChI=1S/C20H14FN5O3/c1-28-19-15(9-14(10-25-19)17-3-2-8-29-17)16-11-24-18(12-23-16)26(21)20(27)13-4-6-22-7-5-13/h2-12H,1H3. The molecule has 9 heteroatoms. The number of ether oxygens (including phenoxy) is 1. The van der Waals surface area contributed by atoms with Gasteiger partial charge in [-0.15, -0.1) is 5.12 Å². The molecule has 0 N–H and O–H groups in total. The molecular formula is C20H14FN5O3. The zero-order valence-electron chi connectivity index (χ0n) is 15.2. The fourth-order valence-corrected chi connectivity index (χ4v) is 2.65. The van der Waals surface area contributed by atoms with Crippen LogP contribution >= 0.6 is 0 Å². The second kappa shape index (κ2) is 7.85. The summed E-state index contributed by atoms with van der Waals surface area (Å²) < 4.78 is 25.1. The van der Waals surface area contributed by atoms with E-state index in [0.29, 0.717) is 22.9 Å². The molecule has 0 saturated heterocycles. The minimum atomic E-state index is -0.867. The number of pyridine rings is 2. The van der Waals surface area contributed by atoms with Crippen LogP contribution in [-0.4, -0.2) is 33.0 Å². The van der Waals surface area contributed by atoms with Crippen LogP contribution in [0.2, 0.25) is 0 Å². The molecule has 0 aliphatic heterocycles. The van der Waals surface area contributed by atoms with E-state index in [1.807, 2.05) is 0 Å². The highest BCUT2D eigenvalue weighted by molar-refractivity contribution is 6.03. The molecule has 144 valence electrons. The van der Waals surface area contributed by atoms with Crippen molar-refractivity contribution in [2.75, 3.05) is 12.2 Å². The molecule has 0 aliphatic carbocycles. The second-order valence-corrected chi connectivity index (χ2v) is 5.84. The van der Waals surface area contributed by atoms with Gasteiger partial charge in [0, 0.05) is 29.7 Å². The summed E-state index contributed by atoms with van der Waals surface area (Å²) in [6.45, 7) is 0. The number of carbonyl (C=O) groups is 1. The molecule has 8 nitrogen and oxygen atoms in total. The van der Waals surface area contributed by atoms with Gasteiger partial charge in [-0.25, -0.2) is 9.97 Å². The third-order valence-corrected chi connectivity index (χ3v) is 4.07. The van der Waals surface area contributed by atoms with Gasteiger partial charge in [0.05, 0.1) is 37.0 Å². The zero-order valence-corrected chi connectivity index (χ0v) is 15.2. The molecule has 4 aromatic rings. The molecule has 0 aliphatic rings. The van der Waals surface area contributed by atoms with Crippen molar-refractivity contribution in [2.45, 2.75) is 0 Å². The Balaban J connectivity index is 1.64. The summed E-state index contributed by atoms with van der Waals surface area (Å²) in [5, 5.41) is -0.0686. The van der Waals surface area contributed by atoms with Gasteiger partial charge in [-0.1, -0.05) is 4.48 Å². The molecule has 4 rings (SSSR count). The van der Waals surface area contributed by atoms with Crippen molar-refractivity contribution in [1.82, 2.24) is 19.9 Å². The van der Waals surface area contributed by atoms with E-state index in [0.717, 1.165) is 11.8 Å². The maximum absolute atomic E-state index is 14.5. The Morgan fingerprint density at radius 3 is 2.59 bits per heavy atom. The van der Waals surface area contributed by atoms with Crippen LogP contribution in [-0.2, 0) is 0 Å². The van der Waals surface area contributed by atoms with Gasteiger partial charge >= 0.3 is 0 Å². The van der Waals surface area contributed by atoms with Crippen LogP contribution in [0.15, 0.2) is 72.0 Å². The molecule has 1 amide bonds. The monoisotopic (exact) mass is 391 g/mol. The first-order valence-electron chi connectivity index (χ1n) is 8.48. The van der Waals surface area contributed by atoms with Crippen LogP contribution in [0.4, 0.5) is 10.3 Å². The van der Waals surface area contributed by atoms with E-state index in [4.69, 9.17) is 9.15 Å². The van der Waals surface area contributed by atoms with Gasteiger partial charge in [-0.05, 0) is 30.3 Å². The number of carbonyl (C=O) groups excluding carboxylic acids is 1. The Bertz CT molecular complexity index is 1120. The number of amides is 1. The quantitative estimate of drug-likeness (QED) is 0.478. The number of hydrogen-bond acceptors (Lipinski definition) is 7. The van der Waals surface area contributed by atoms with E-state index >= 15 is 0 Å². The van der Waals surface area contributed by atoms with Crippen LogP contribution in [0, 0.1) is 0 Å². The average molecular weight is 391 g/mol. The van der Waals surface area contributed by atoms with Gasteiger partial charge < -0.3 is 9.15 Å². The zero-order chi connectivity index (χ0) is 20.2. The molecule has 0 fully saturated rings. The van der Waals surface area contributed by atoms with E-state index in [-0.39, 0.29) is 16.5 Å². The molecule has 0 saturated carbocycles. The van der Waals surface area contributed by atoms with E-state index in [2.05, 4.69) is 19.9 Å². The molecule has 4 aromatic heterocycles. The molecule has 0 spiro atoms. The highest BCUT2D eigenvalue weighted by Crippen LogP contribution is 2.31. The van der Waals surface area contributed by atoms with Crippen LogP contribution < -0.4 is 9.86 Å². The van der Waals surface area contributed by atoms with Crippen molar-refractivity contribution < 1.29 is 18.4 Å². The normalized spacial score (nSPS) is 10.6. The summed E-state index contributed by atoms with van der Waals surface area (Å²) in [7, 11) is 1.48. The summed E-state index contributed by atoms with van der Waals surface area (Å²) in [4.78, 5) is 28.5. The fraction of sp³-hybridized carbons (Fsp3) is 0.0500. The lowest BCUT2D eigenvalue weighted by Gasteiger charge is -2.12. The minimum Gasteiger partial charge on any atom is -0.481 e. The Morgan fingerprint density at radius 2 is 1.93 bits per heavy atom. The molecule has 0 bridgehead atoms. The van der Waals surface area contributed by atoms with Crippen molar-refractivity contribution in [3.05, 3.63) is 73.1 Å². The van der Waals surface area contributed by atoms with Gasteiger partial charge in [-0.2, -0.15) is 0 Å². The second-order valence-electron chi connectivity index (χ2n) is 5.84. The van der Waals surface area contributed by atoms with E-state index in [1.54, 1.807) is 30.7 Å². The Labute approximate surface area is 164 Å². The molecule has 0 unspecified atom stereocenters. The van der Waals surface area contributed by atoms with Gasteiger partial charge in [0.15, 0.2) is 5.82 Å². The van der Waals surface area contributed by atoms with E-state index in [1.165, 1.54) is 37.8 Å². The SMILES string of the molecule is COc1ncc(-c2ccco2)cc1-c1cnc(N(F)C(=O)c2ccncc2)cn1. The number of methoxy groups -OCH3 is 1. The Kier molecular flexibility index (Phi) is 4.93. The van der Waals surface area contributed by atoms with Gasteiger partial charge in [0.25, 0.3) is 5.91 Å². The number of rotatable bonds is 5. The fourth-order valence-electron chi connectivity index (χ4n) is 2.65. The lowest BCUT2D eigenvalue weighted by molar-refractivity contribution is 0.0929. The summed E-state index contributed by atoms with van der Waals surface area (Å²) in [5.41, 5.74) is 1.81. The largest absolute Gasteiger partial charge is 0.481 e. The smallest absolute Gasteiger partial charge is 0.287 e. The third kappa shape index (κ3) is 3.65. The number of aromatic nitrogens is 4. The van der Waals surface area contributed by atoms with Crippen molar-refractivity contribution in [1.29, 1.82) is 0 Å². The first-order valence-corrected chi connectivity index (χ1v) is 8.48. The van der Waals surface area contributed by atoms with Crippen LogP contribution in [0.3, 0.4) is 0 Å². The van der Waals surface area contributed by atoms with Gasteiger partial charge in [0.1, 0.15) is 5.76 Å². The van der Waals surface area contributed by atoms with Gasteiger partial charge in [-0.3, -0.25) is 14.8 Å². The molecule has 0 atom stereocenters. The summed E-state index contributed by atoms with van der Waals surface area (Å²) in [6.07, 6.45) is 8.48. The molecule has 0 aromatic carbocycles. The van der Waals surface area contributed by atoms with E-state index < -0.39 is 5.91 Å². The maximum atomic E-state index is 14.5. The van der Waals surface area contributed by atoms with E-state index in [9.17, 15) is 9.28 Å². The van der Waals surface area contributed by atoms with Crippen molar-refractivity contribution >= 4 is 11.7 Å². The first-order chi connectivity index (χ1) is 14.2. The van der Waals surface area contributed by atoms with Crippen molar-refractivity contribution in [2.24, 2.45) is 0 Å². The summed E-state index contributed by atoms with van der Waals surface area (Å²) >= 11 is 0. The predicted octanol–water partition coefficient (Wildman–Crippen LogP) is 3.73. The minimum absolute atomic E-state index is 0.0686. The third-order valence-electron chi connectivity index (χ3n) is 4.07.